The Morgan fingerprint density at radius 1 is 1.62 bits per heavy atom. The highest BCUT2D eigenvalue weighted by Gasteiger charge is 2.50. The lowest BCUT2D eigenvalue weighted by Crippen LogP contribution is -2.44. The van der Waals surface area contributed by atoms with Gasteiger partial charge in [0.25, 0.3) is 0 Å². The van der Waals surface area contributed by atoms with Gasteiger partial charge in [-0.15, -0.1) is 0 Å². The fourth-order valence-corrected chi connectivity index (χ4v) is 2.79. The van der Waals surface area contributed by atoms with Crippen molar-refractivity contribution in [3.63, 3.8) is 0 Å². The predicted octanol–water partition coefficient (Wildman–Crippen LogP) is 1.15. The Morgan fingerprint density at radius 2 is 2.08 bits per heavy atom. The molecule has 0 aliphatic heterocycles. The lowest BCUT2D eigenvalue weighted by Gasteiger charge is -2.29. The Labute approximate surface area is 84.0 Å². The summed E-state index contributed by atoms with van der Waals surface area (Å²) in [6, 6.07) is 0. The number of halogens is 1. The standard InChI is InChI=1S/C8H15ClO3S/c1-3-8(9,13(2,11)12)7(10)6-4-5-6/h6-7,10H,3-5H2,1-2H3. The average Bonchev–Trinajstić information content (AvgIpc) is 2.81. The average molecular weight is 227 g/mol. The number of sulfone groups is 1. The van der Waals surface area contributed by atoms with Crippen molar-refractivity contribution in [3.8, 4) is 0 Å². The maximum absolute atomic E-state index is 11.4. The van der Waals surface area contributed by atoms with Gasteiger partial charge >= 0.3 is 0 Å². The summed E-state index contributed by atoms with van der Waals surface area (Å²) in [6.45, 7) is 1.68. The van der Waals surface area contributed by atoms with Gasteiger partial charge in [0.05, 0.1) is 6.10 Å². The number of hydrogen-bond donors (Lipinski definition) is 1. The van der Waals surface area contributed by atoms with Gasteiger partial charge in [0.1, 0.15) is 0 Å². The summed E-state index contributed by atoms with van der Waals surface area (Å²) in [4.78, 5) is 0. The van der Waals surface area contributed by atoms with Gasteiger partial charge in [-0.25, -0.2) is 8.42 Å². The molecule has 1 saturated carbocycles. The van der Waals surface area contributed by atoms with Crippen molar-refractivity contribution in [2.24, 2.45) is 5.92 Å². The summed E-state index contributed by atoms with van der Waals surface area (Å²) >= 11 is 5.95. The molecule has 1 rings (SSSR count). The number of rotatable bonds is 4. The molecule has 0 radical (unpaired) electrons. The van der Waals surface area contributed by atoms with Gasteiger partial charge in [-0.2, -0.15) is 0 Å². The highest BCUT2D eigenvalue weighted by Crippen LogP contribution is 2.43. The number of aliphatic hydroxyl groups is 1. The second kappa shape index (κ2) is 3.41. The van der Waals surface area contributed by atoms with Crippen molar-refractivity contribution in [3.05, 3.63) is 0 Å². The predicted molar refractivity (Wildman–Crippen MR) is 52.4 cm³/mol. The maximum Gasteiger partial charge on any atom is 0.171 e. The number of alkyl halides is 1. The summed E-state index contributed by atoms with van der Waals surface area (Å²) in [7, 11) is -3.40. The van der Waals surface area contributed by atoms with E-state index in [1.54, 1.807) is 6.92 Å². The summed E-state index contributed by atoms with van der Waals surface area (Å²) < 4.78 is 21.3. The van der Waals surface area contributed by atoms with Crippen molar-refractivity contribution >= 4 is 21.4 Å². The first kappa shape index (κ1) is 11.3. The zero-order chi connectivity index (χ0) is 10.3. The second-order valence-electron chi connectivity index (χ2n) is 3.69. The first-order valence-electron chi connectivity index (χ1n) is 4.39. The Hall–Kier alpha value is 0.200. The van der Waals surface area contributed by atoms with Crippen LogP contribution in [0.4, 0.5) is 0 Å². The molecule has 0 bridgehead atoms. The summed E-state index contributed by atoms with van der Waals surface area (Å²) in [5, 5.41) is 9.73. The summed E-state index contributed by atoms with van der Waals surface area (Å²) in [5.74, 6) is 0.0761. The van der Waals surface area contributed by atoms with E-state index in [1.807, 2.05) is 0 Å². The van der Waals surface area contributed by atoms with E-state index in [9.17, 15) is 13.5 Å². The molecular weight excluding hydrogens is 212 g/mol. The monoisotopic (exact) mass is 226 g/mol. The van der Waals surface area contributed by atoms with Gasteiger partial charge in [-0.1, -0.05) is 18.5 Å². The molecule has 1 fully saturated rings. The third kappa shape index (κ3) is 2.00. The van der Waals surface area contributed by atoms with Crippen LogP contribution in [0.1, 0.15) is 26.2 Å². The third-order valence-electron chi connectivity index (χ3n) is 2.61. The van der Waals surface area contributed by atoms with E-state index in [1.165, 1.54) is 0 Å². The normalized spacial score (nSPS) is 25.2. The first-order valence-corrected chi connectivity index (χ1v) is 6.66. The van der Waals surface area contributed by atoms with E-state index in [0.29, 0.717) is 0 Å². The van der Waals surface area contributed by atoms with E-state index < -0.39 is 20.1 Å². The number of aliphatic hydroxyl groups excluding tert-OH is 1. The summed E-state index contributed by atoms with van der Waals surface area (Å²) in [5.41, 5.74) is 0. The lowest BCUT2D eigenvalue weighted by molar-refractivity contribution is 0.130. The smallest absolute Gasteiger partial charge is 0.171 e. The van der Waals surface area contributed by atoms with Gasteiger partial charge in [-0.05, 0) is 25.2 Å². The van der Waals surface area contributed by atoms with Crippen LogP contribution in [0.5, 0.6) is 0 Å². The minimum atomic E-state index is -3.40. The molecule has 0 heterocycles. The van der Waals surface area contributed by atoms with E-state index in [2.05, 4.69) is 0 Å². The van der Waals surface area contributed by atoms with Gasteiger partial charge in [0.2, 0.25) is 0 Å². The van der Waals surface area contributed by atoms with Crippen molar-refractivity contribution in [2.75, 3.05) is 6.26 Å². The van der Waals surface area contributed by atoms with Gasteiger partial charge in [0.15, 0.2) is 14.0 Å². The van der Waals surface area contributed by atoms with Gasteiger partial charge in [0, 0.05) is 6.26 Å². The molecule has 1 aliphatic rings. The van der Waals surface area contributed by atoms with E-state index >= 15 is 0 Å². The van der Waals surface area contributed by atoms with Crippen LogP contribution in [0.25, 0.3) is 0 Å². The molecule has 0 aromatic carbocycles. The molecular formula is C8H15ClO3S. The van der Waals surface area contributed by atoms with E-state index in [-0.39, 0.29) is 12.3 Å². The molecule has 0 aromatic heterocycles. The molecule has 0 saturated heterocycles. The molecule has 1 N–H and O–H groups in total. The quantitative estimate of drug-likeness (QED) is 0.732. The van der Waals surface area contributed by atoms with Crippen molar-refractivity contribution in [1.29, 1.82) is 0 Å². The Bertz CT molecular complexity index is 284. The molecule has 0 amide bonds. The molecule has 0 aromatic rings. The fourth-order valence-electron chi connectivity index (χ4n) is 1.45. The highest BCUT2D eigenvalue weighted by molar-refractivity contribution is 7.93. The maximum atomic E-state index is 11.4. The largest absolute Gasteiger partial charge is 0.390 e. The van der Waals surface area contributed by atoms with Crippen LogP contribution in [-0.4, -0.2) is 30.1 Å². The molecule has 78 valence electrons. The molecule has 2 unspecified atom stereocenters. The molecule has 13 heavy (non-hydrogen) atoms. The van der Waals surface area contributed by atoms with Gasteiger partial charge in [-0.3, -0.25) is 0 Å². The fraction of sp³-hybridized carbons (Fsp3) is 1.00. The van der Waals surface area contributed by atoms with Crippen LogP contribution in [0, 0.1) is 5.92 Å². The Morgan fingerprint density at radius 3 is 2.31 bits per heavy atom. The van der Waals surface area contributed by atoms with Crippen LogP contribution in [0.15, 0.2) is 0 Å². The highest BCUT2D eigenvalue weighted by atomic mass is 35.5. The number of hydrogen-bond acceptors (Lipinski definition) is 3. The Balaban J connectivity index is 2.91. The zero-order valence-corrected chi connectivity index (χ0v) is 9.40. The van der Waals surface area contributed by atoms with Crippen molar-refractivity contribution in [2.45, 2.75) is 36.5 Å². The van der Waals surface area contributed by atoms with Crippen LogP contribution in [0.3, 0.4) is 0 Å². The van der Waals surface area contributed by atoms with Crippen molar-refractivity contribution in [1.82, 2.24) is 0 Å². The summed E-state index contributed by atoms with van der Waals surface area (Å²) in [6.07, 6.45) is 2.16. The third-order valence-corrected chi connectivity index (χ3v) is 5.70. The van der Waals surface area contributed by atoms with Crippen LogP contribution < -0.4 is 0 Å². The SMILES string of the molecule is CCC(Cl)(C(O)C1CC1)S(C)(=O)=O. The minimum Gasteiger partial charge on any atom is -0.390 e. The van der Waals surface area contributed by atoms with Gasteiger partial charge < -0.3 is 5.11 Å². The molecule has 2 atom stereocenters. The lowest BCUT2D eigenvalue weighted by atomic mass is 10.1. The molecule has 0 spiro atoms. The van der Waals surface area contributed by atoms with E-state index in [0.717, 1.165) is 19.1 Å². The topological polar surface area (TPSA) is 54.4 Å². The Kier molecular flexibility index (Phi) is 2.95. The molecule has 1 aliphatic carbocycles. The zero-order valence-electron chi connectivity index (χ0n) is 7.83. The second-order valence-corrected chi connectivity index (χ2v) is 6.87. The van der Waals surface area contributed by atoms with Crippen molar-refractivity contribution < 1.29 is 13.5 Å². The molecule has 3 nitrogen and oxygen atoms in total. The van der Waals surface area contributed by atoms with Crippen LogP contribution in [-0.2, 0) is 9.84 Å². The molecule has 5 heteroatoms. The van der Waals surface area contributed by atoms with E-state index in [4.69, 9.17) is 11.6 Å². The van der Waals surface area contributed by atoms with Crippen LogP contribution >= 0.6 is 11.6 Å². The van der Waals surface area contributed by atoms with Crippen LogP contribution in [0.2, 0.25) is 0 Å². The minimum absolute atomic E-state index is 0.0761. The first-order chi connectivity index (χ1) is 5.83.